The van der Waals surface area contributed by atoms with E-state index in [4.69, 9.17) is 28.9 Å². The molecule has 0 atom stereocenters. The number of nitrogen functional groups attached to an aromatic ring is 1. The number of nitrogens with zero attached hydrogens (tertiary/aromatic N) is 2. The quantitative estimate of drug-likeness (QED) is 0.664. The lowest BCUT2D eigenvalue weighted by molar-refractivity contribution is 0.600. The highest BCUT2D eigenvalue weighted by Gasteiger charge is 2.19. The first-order valence-electron chi connectivity index (χ1n) is 5.35. The van der Waals surface area contributed by atoms with E-state index in [1.165, 1.54) is 18.2 Å². The van der Waals surface area contributed by atoms with E-state index in [1.54, 1.807) is 6.92 Å². The van der Waals surface area contributed by atoms with Crippen LogP contribution in [0.15, 0.2) is 29.4 Å². The second-order valence-electron chi connectivity index (χ2n) is 3.97. The number of sulfonamides is 1. The maximum absolute atomic E-state index is 12.3. The number of aromatic nitrogens is 2. The van der Waals surface area contributed by atoms with Crippen molar-refractivity contribution in [2.45, 2.75) is 11.8 Å². The first-order valence-corrected chi connectivity index (χ1v) is 7.59. The Morgan fingerprint density at radius 1 is 1.20 bits per heavy atom. The summed E-state index contributed by atoms with van der Waals surface area (Å²) in [5, 5.41) is 0.427. The Balaban J connectivity index is 2.43. The summed E-state index contributed by atoms with van der Waals surface area (Å²) >= 11 is 11.5. The molecule has 20 heavy (non-hydrogen) atoms. The zero-order valence-electron chi connectivity index (χ0n) is 10.3. The molecule has 6 nitrogen and oxygen atoms in total. The molecule has 0 bridgehead atoms. The summed E-state index contributed by atoms with van der Waals surface area (Å²) in [5.41, 5.74) is 6.28. The third-order valence-electron chi connectivity index (χ3n) is 2.46. The molecular weight excluding hydrogens is 323 g/mol. The highest BCUT2D eigenvalue weighted by Crippen LogP contribution is 2.27. The van der Waals surface area contributed by atoms with Crippen LogP contribution in [0.3, 0.4) is 0 Å². The Morgan fingerprint density at radius 3 is 2.55 bits per heavy atom. The van der Waals surface area contributed by atoms with Crippen molar-refractivity contribution in [3.8, 4) is 0 Å². The first kappa shape index (κ1) is 14.8. The summed E-state index contributed by atoms with van der Waals surface area (Å²) in [6.45, 7) is 1.62. The van der Waals surface area contributed by atoms with Gasteiger partial charge in [0, 0.05) is 6.07 Å². The molecule has 1 aromatic carbocycles. The zero-order chi connectivity index (χ0) is 14.9. The van der Waals surface area contributed by atoms with Gasteiger partial charge in [-0.25, -0.2) is 18.4 Å². The van der Waals surface area contributed by atoms with E-state index in [2.05, 4.69) is 14.7 Å². The van der Waals surface area contributed by atoms with Gasteiger partial charge in [0.15, 0.2) is 0 Å². The summed E-state index contributed by atoms with van der Waals surface area (Å²) in [4.78, 5) is 7.47. The van der Waals surface area contributed by atoms with Gasteiger partial charge in [-0.15, -0.1) is 0 Å². The normalized spacial score (nSPS) is 11.3. The van der Waals surface area contributed by atoms with Gasteiger partial charge in [-0.2, -0.15) is 0 Å². The molecule has 0 radical (unpaired) electrons. The number of hydrogen-bond donors (Lipinski definition) is 2. The third kappa shape index (κ3) is 3.12. The largest absolute Gasteiger partial charge is 0.397 e. The van der Waals surface area contributed by atoms with E-state index in [-0.39, 0.29) is 21.6 Å². The number of aryl methyl sites for hydroxylation is 1. The van der Waals surface area contributed by atoms with Crippen molar-refractivity contribution < 1.29 is 8.42 Å². The molecule has 1 aromatic heterocycles. The van der Waals surface area contributed by atoms with E-state index < -0.39 is 10.0 Å². The van der Waals surface area contributed by atoms with Crippen LogP contribution < -0.4 is 10.5 Å². The second kappa shape index (κ2) is 5.43. The maximum Gasteiger partial charge on any atom is 0.263 e. The molecular formula is C11H10Cl2N4O2S. The van der Waals surface area contributed by atoms with Gasteiger partial charge in [-0.3, -0.25) is 4.72 Å². The number of nitrogens with two attached hydrogens (primary N) is 1. The van der Waals surface area contributed by atoms with E-state index in [9.17, 15) is 8.42 Å². The van der Waals surface area contributed by atoms with Crippen molar-refractivity contribution in [2.24, 2.45) is 0 Å². The molecule has 0 amide bonds. The minimum Gasteiger partial charge on any atom is -0.397 e. The van der Waals surface area contributed by atoms with Gasteiger partial charge in [0.05, 0.1) is 15.6 Å². The second-order valence-corrected chi connectivity index (χ2v) is 6.42. The van der Waals surface area contributed by atoms with Gasteiger partial charge >= 0.3 is 0 Å². The molecule has 2 rings (SSSR count). The predicted molar refractivity (Wildman–Crippen MR) is 78.5 cm³/mol. The highest BCUT2D eigenvalue weighted by atomic mass is 35.5. The lowest BCUT2D eigenvalue weighted by Gasteiger charge is -2.11. The number of benzene rings is 1. The SMILES string of the molecule is Cc1cc(Cl)c(N)cc1S(=O)(=O)Nc1cc(Cl)ncn1. The molecule has 0 fully saturated rings. The Hall–Kier alpha value is -1.57. The summed E-state index contributed by atoms with van der Waals surface area (Å²) in [6.07, 6.45) is 1.16. The van der Waals surface area contributed by atoms with Gasteiger partial charge in [-0.1, -0.05) is 23.2 Å². The molecule has 0 unspecified atom stereocenters. The maximum atomic E-state index is 12.3. The number of nitrogens with one attached hydrogen (secondary N) is 1. The van der Waals surface area contributed by atoms with Crippen LogP contribution in [-0.2, 0) is 10.0 Å². The van der Waals surface area contributed by atoms with Gasteiger partial charge in [-0.05, 0) is 24.6 Å². The minimum absolute atomic E-state index is 0.0223. The fourth-order valence-electron chi connectivity index (χ4n) is 1.54. The van der Waals surface area contributed by atoms with Crippen LogP contribution in [-0.4, -0.2) is 18.4 Å². The number of anilines is 2. The van der Waals surface area contributed by atoms with Crippen LogP contribution in [0.1, 0.15) is 5.56 Å². The smallest absolute Gasteiger partial charge is 0.263 e. The molecule has 3 N–H and O–H groups in total. The van der Waals surface area contributed by atoms with Crippen LogP contribution >= 0.6 is 23.2 Å². The number of hydrogen-bond acceptors (Lipinski definition) is 5. The summed E-state index contributed by atoms with van der Waals surface area (Å²) in [6, 6.07) is 4.08. The van der Waals surface area contributed by atoms with E-state index in [0.717, 1.165) is 6.33 Å². The Morgan fingerprint density at radius 2 is 1.90 bits per heavy atom. The van der Waals surface area contributed by atoms with Crippen molar-refractivity contribution in [3.05, 3.63) is 40.3 Å². The molecule has 9 heteroatoms. The fraction of sp³-hybridized carbons (Fsp3) is 0.0909. The van der Waals surface area contributed by atoms with Gasteiger partial charge < -0.3 is 5.73 Å². The topological polar surface area (TPSA) is 98.0 Å². The monoisotopic (exact) mass is 332 g/mol. The molecule has 0 aliphatic rings. The standard InChI is InChI=1S/C11H10Cl2N4O2S/c1-6-2-7(12)8(14)3-9(6)20(18,19)17-11-4-10(13)15-5-16-11/h2-5H,14H2,1H3,(H,15,16,17). The molecule has 106 valence electrons. The van der Waals surface area contributed by atoms with Gasteiger partial charge in [0.1, 0.15) is 17.3 Å². The average Bonchev–Trinajstić information content (AvgIpc) is 2.33. The fourth-order valence-corrected chi connectivity index (χ4v) is 3.17. The molecule has 0 saturated heterocycles. The van der Waals surface area contributed by atoms with Crippen molar-refractivity contribution in [1.29, 1.82) is 0 Å². The molecule has 2 aromatic rings. The highest BCUT2D eigenvalue weighted by molar-refractivity contribution is 7.92. The average molecular weight is 333 g/mol. The number of halogens is 2. The Bertz CT molecular complexity index is 765. The van der Waals surface area contributed by atoms with Crippen molar-refractivity contribution in [1.82, 2.24) is 9.97 Å². The van der Waals surface area contributed by atoms with Crippen molar-refractivity contribution in [2.75, 3.05) is 10.5 Å². The van der Waals surface area contributed by atoms with E-state index in [1.807, 2.05) is 0 Å². The van der Waals surface area contributed by atoms with Crippen LogP contribution in [0, 0.1) is 6.92 Å². The lowest BCUT2D eigenvalue weighted by Crippen LogP contribution is -2.15. The Kier molecular flexibility index (Phi) is 4.03. The van der Waals surface area contributed by atoms with Crippen LogP contribution in [0.25, 0.3) is 0 Å². The predicted octanol–water partition coefficient (Wildman–Crippen LogP) is 2.47. The van der Waals surface area contributed by atoms with E-state index in [0.29, 0.717) is 10.6 Å². The molecule has 0 spiro atoms. The van der Waals surface area contributed by atoms with Crippen LogP contribution in [0.5, 0.6) is 0 Å². The van der Waals surface area contributed by atoms with Crippen LogP contribution in [0.2, 0.25) is 10.2 Å². The minimum atomic E-state index is -3.84. The van der Waals surface area contributed by atoms with Crippen LogP contribution in [0.4, 0.5) is 11.5 Å². The molecule has 0 aliphatic carbocycles. The van der Waals surface area contributed by atoms with E-state index >= 15 is 0 Å². The molecule has 1 heterocycles. The lowest BCUT2D eigenvalue weighted by atomic mass is 10.2. The summed E-state index contributed by atoms with van der Waals surface area (Å²) < 4.78 is 26.9. The van der Waals surface area contributed by atoms with Crippen molar-refractivity contribution in [3.63, 3.8) is 0 Å². The van der Waals surface area contributed by atoms with Gasteiger partial charge in [0.2, 0.25) is 0 Å². The summed E-state index contributed by atoms with van der Waals surface area (Å²) in [5.74, 6) is 0.0675. The first-order chi connectivity index (χ1) is 9.29. The van der Waals surface area contributed by atoms with Crippen molar-refractivity contribution >= 4 is 44.7 Å². The summed E-state index contributed by atoms with van der Waals surface area (Å²) in [7, 11) is -3.84. The molecule has 0 saturated carbocycles. The third-order valence-corrected chi connectivity index (χ3v) is 4.49. The van der Waals surface area contributed by atoms with Gasteiger partial charge in [0.25, 0.3) is 10.0 Å². The molecule has 0 aliphatic heterocycles. The number of rotatable bonds is 3. The Labute approximate surface area is 126 Å². The zero-order valence-corrected chi connectivity index (χ0v) is 12.6.